The maximum Gasteiger partial charge on any atom is 0.292 e. The molecule has 38 heavy (non-hydrogen) atoms. The van der Waals surface area contributed by atoms with Gasteiger partial charge >= 0.3 is 0 Å². The summed E-state index contributed by atoms with van der Waals surface area (Å²) in [6.07, 6.45) is 4.42. The van der Waals surface area contributed by atoms with Crippen molar-refractivity contribution in [1.82, 2.24) is 20.1 Å². The van der Waals surface area contributed by atoms with Crippen molar-refractivity contribution in [3.8, 4) is 5.75 Å². The van der Waals surface area contributed by atoms with Crippen LogP contribution >= 0.6 is 0 Å². The summed E-state index contributed by atoms with van der Waals surface area (Å²) in [5.74, 6) is -0.410. The number of carbonyl (C=O) groups is 3. The molecule has 202 valence electrons. The molecule has 2 amide bonds. The highest BCUT2D eigenvalue weighted by Crippen LogP contribution is 2.31. The van der Waals surface area contributed by atoms with E-state index in [2.05, 4.69) is 53.3 Å². The van der Waals surface area contributed by atoms with Crippen LogP contribution < -0.4 is 10.1 Å². The van der Waals surface area contributed by atoms with E-state index in [4.69, 9.17) is 4.74 Å². The van der Waals surface area contributed by atoms with Crippen molar-refractivity contribution in [1.29, 1.82) is 0 Å². The lowest BCUT2D eigenvalue weighted by molar-refractivity contribution is -0.117. The number of methoxy groups -OCH3 is 1. The molecule has 1 fully saturated rings. The minimum Gasteiger partial charge on any atom is -0.496 e. The number of amides is 2. The molecule has 1 aliphatic rings. The number of aromatic amines is 1. The van der Waals surface area contributed by atoms with Crippen molar-refractivity contribution >= 4 is 28.5 Å². The monoisotopic (exact) mass is 518 g/mol. The van der Waals surface area contributed by atoms with E-state index >= 15 is 0 Å². The van der Waals surface area contributed by atoms with Gasteiger partial charge in [0.2, 0.25) is 0 Å². The number of nitrogens with zero attached hydrogens (tertiary/aromatic N) is 2. The standard InChI is InChI=1S/C30H38N4O4/c1-4-33(5-2)16-13-31-29(36)28(35)25-20-32-26-19-27(38-3)24(18-23(25)26)30(37)34-14-11-22(12-15-34)17-21-9-7-6-8-10-21/h6-10,18-20,22,32H,4-5,11-17H2,1-3H3,(H,31,36). The van der Waals surface area contributed by atoms with E-state index in [-0.39, 0.29) is 11.5 Å². The topological polar surface area (TPSA) is 94.7 Å². The van der Waals surface area contributed by atoms with Gasteiger partial charge in [-0.15, -0.1) is 0 Å². The van der Waals surface area contributed by atoms with Gasteiger partial charge in [-0.05, 0) is 49.9 Å². The van der Waals surface area contributed by atoms with Crippen LogP contribution in [0.15, 0.2) is 48.7 Å². The Morgan fingerprint density at radius 3 is 2.42 bits per heavy atom. The number of H-pyrrole nitrogens is 1. The fourth-order valence-electron chi connectivity index (χ4n) is 5.20. The van der Waals surface area contributed by atoms with Crippen molar-refractivity contribution in [3.05, 3.63) is 65.4 Å². The molecule has 2 heterocycles. The maximum atomic E-state index is 13.6. The number of benzene rings is 2. The molecule has 0 spiro atoms. The van der Waals surface area contributed by atoms with Crippen molar-refractivity contribution in [2.75, 3.05) is 46.4 Å². The molecule has 0 radical (unpaired) electrons. The van der Waals surface area contributed by atoms with E-state index in [1.54, 1.807) is 12.1 Å². The van der Waals surface area contributed by atoms with E-state index in [0.29, 0.717) is 54.3 Å². The van der Waals surface area contributed by atoms with Gasteiger partial charge in [0.05, 0.1) is 18.2 Å². The number of likely N-dealkylation sites (tertiary alicyclic amines) is 1. The second-order valence-electron chi connectivity index (χ2n) is 9.84. The van der Waals surface area contributed by atoms with Gasteiger partial charge < -0.3 is 24.8 Å². The molecule has 1 aromatic heterocycles. The van der Waals surface area contributed by atoms with Crippen molar-refractivity contribution in [2.24, 2.45) is 5.92 Å². The minimum absolute atomic E-state index is 0.120. The molecule has 0 atom stereocenters. The average molecular weight is 519 g/mol. The van der Waals surface area contributed by atoms with Crippen molar-refractivity contribution in [2.45, 2.75) is 33.1 Å². The predicted octanol–water partition coefficient (Wildman–Crippen LogP) is 3.91. The third-order valence-electron chi connectivity index (χ3n) is 7.56. The Labute approximate surface area is 224 Å². The first-order chi connectivity index (χ1) is 18.4. The number of Topliss-reactive ketones (excluding diaryl/α,β-unsaturated/α-hetero) is 1. The van der Waals surface area contributed by atoms with Crippen LogP contribution in [0.4, 0.5) is 0 Å². The summed E-state index contributed by atoms with van der Waals surface area (Å²) < 4.78 is 5.54. The highest BCUT2D eigenvalue weighted by molar-refractivity contribution is 6.45. The third kappa shape index (κ3) is 6.25. The Bertz CT molecular complexity index is 1260. The largest absolute Gasteiger partial charge is 0.496 e. The lowest BCUT2D eigenvalue weighted by Crippen LogP contribution is -2.39. The fourth-order valence-corrected chi connectivity index (χ4v) is 5.20. The molecule has 0 aliphatic carbocycles. The SMILES string of the molecule is CCN(CC)CCNC(=O)C(=O)c1c[nH]c2cc(OC)c(C(=O)N3CCC(Cc4ccccc4)CC3)cc12. The van der Waals surface area contributed by atoms with Crippen LogP contribution in [0.1, 0.15) is 53.0 Å². The van der Waals surface area contributed by atoms with Crippen LogP contribution in [0.5, 0.6) is 5.75 Å². The highest BCUT2D eigenvalue weighted by atomic mass is 16.5. The Morgan fingerprint density at radius 2 is 1.76 bits per heavy atom. The number of hydrogen-bond acceptors (Lipinski definition) is 5. The van der Waals surface area contributed by atoms with Gasteiger partial charge in [0, 0.05) is 49.3 Å². The molecule has 8 nitrogen and oxygen atoms in total. The predicted molar refractivity (Wildman–Crippen MR) is 149 cm³/mol. The Morgan fingerprint density at radius 1 is 1.05 bits per heavy atom. The number of nitrogens with one attached hydrogen (secondary N) is 2. The first-order valence-corrected chi connectivity index (χ1v) is 13.5. The molecule has 0 bridgehead atoms. The Balaban J connectivity index is 1.46. The zero-order valence-corrected chi connectivity index (χ0v) is 22.6. The van der Waals surface area contributed by atoms with E-state index in [1.165, 1.54) is 18.9 Å². The van der Waals surface area contributed by atoms with Crippen LogP contribution in [0, 0.1) is 5.92 Å². The van der Waals surface area contributed by atoms with Crippen molar-refractivity contribution < 1.29 is 19.1 Å². The van der Waals surface area contributed by atoms with Gasteiger partial charge in [0.15, 0.2) is 0 Å². The number of aromatic nitrogens is 1. The highest BCUT2D eigenvalue weighted by Gasteiger charge is 2.28. The molecule has 1 saturated heterocycles. The molecular weight excluding hydrogens is 480 g/mol. The summed E-state index contributed by atoms with van der Waals surface area (Å²) >= 11 is 0. The van der Waals surface area contributed by atoms with E-state index < -0.39 is 11.7 Å². The molecule has 0 saturated carbocycles. The minimum atomic E-state index is -0.651. The summed E-state index contributed by atoms with van der Waals surface area (Å²) in [5, 5.41) is 3.26. The summed E-state index contributed by atoms with van der Waals surface area (Å²) in [6, 6.07) is 13.9. The smallest absolute Gasteiger partial charge is 0.292 e. The number of hydrogen-bond donors (Lipinski definition) is 2. The summed E-state index contributed by atoms with van der Waals surface area (Å²) in [4.78, 5) is 46.2. The summed E-state index contributed by atoms with van der Waals surface area (Å²) in [5.41, 5.74) is 2.61. The number of ketones is 1. The molecule has 4 rings (SSSR count). The molecule has 2 N–H and O–H groups in total. The first kappa shape index (κ1) is 27.4. The molecule has 1 aliphatic heterocycles. The lowest BCUT2D eigenvalue weighted by atomic mass is 9.90. The number of piperidine rings is 1. The van der Waals surface area contributed by atoms with Crippen LogP contribution in [0.2, 0.25) is 0 Å². The zero-order chi connectivity index (χ0) is 27.1. The molecule has 0 unspecified atom stereocenters. The fraction of sp³-hybridized carbons (Fsp3) is 0.433. The summed E-state index contributed by atoms with van der Waals surface area (Å²) in [7, 11) is 1.53. The second kappa shape index (κ2) is 12.7. The van der Waals surface area contributed by atoms with Gasteiger partial charge in [0.25, 0.3) is 17.6 Å². The van der Waals surface area contributed by atoms with Gasteiger partial charge in [-0.3, -0.25) is 14.4 Å². The quantitative estimate of drug-likeness (QED) is 0.297. The zero-order valence-electron chi connectivity index (χ0n) is 22.6. The number of rotatable bonds is 11. The van der Waals surface area contributed by atoms with E-state index in [1.807, 2.05) is 11.0 Å². The number of likely N-dealkylation sites (N-methyl/N-ethyl adjacent to an activating group) is 1. The van der Waals surface area contributed by atoms with Gasteiger partial charge in [-0.2, -0.15) is 0 Å². The van der Waals surface area contributed by atoms with E-state index in [9.17, 15) is 14.4 Å². The number of carbonyl (C=O) groups excluding carboxylic acids is 3. The van der Waals surface area contributed by atoms with Crippen LogP contribution in [-0.4, -0.2) is 78.8 Å². The lowest BCUT2D eigenvalue weighted by Gasteiger charge is -2.32. The number of fused-ring (bicyclic) bond motifs is 1. The van der Waals surface area contributed by atoms with Crippen LogP contribution in [0.3, 0.4) is 0 Å². The van der Waals surface area contributed by atoms with Crippen LogP contribution in [-0.2, 0) is 11.2 Å². The van der Waals surface area contributed by atoms with Crippen LogP contribution in [0.25, 0.3) is 10.9 Å². The molecule has 2 aromatic carbocycles. The van der Waals surface area contributed by atoms with Gasteiger partial charge in [-0.1, -0.05) is 44.2 Å². The van der Waals surface area contributed by atoms with Crippen molar-refractivity contribution in [3.63, 3.8) is 0 Å². The van der Waals surface area contributed by atoms with E-state index in [0.717, 1.165) is 32.4 Å². The Hall–Kier alpha value is -3.65. The first-order valence-electron chi connectivity index (χ1n) is 13.5. The third-order valence-corrected chi connectivity index (χ3v) is 7.56. The van der Waals surface area contributed by atoms with Gasteiger partial charge in [-0.25, -0.2) is 0 Å². The molecule has 8 heteroatoms. The molecular formula is C30H38N4O4. The maximum absolute atomic E-state index is 13.6. The molecule has 3 aromatic rings. The average Bonchev–Trinajstić information content (AvgIpc) is 3.37. The summed E-state index contributed by atoms with van der Waals surface area (Å²) in [6.45, 7) is 8.30. The Kier molecular flexibility index (Phi) is 9.18. The number of ether oxygens (including phenoxy) is 1. The normalized spacial score (nSPS) is 14.2. The second-order valence-corrected chi connectivity index (χ2v) is 9.84. The van der Waals surface area contributed by atoms with Gasteiger partial charge in [0.1, 0.15) is 5.75 Å².